The third-order valence-corrected chi connectivity index (χ3v) is 5.83. The zero-order valence-corrected chi connectivity index (χ0v) is 19.4. The van der Waals surface area contributed by atoms with Gasteiger partial charge in [-0.1, -0.05) is 31.2 Å². The Hall–Kier alpha value is -4.35. The molecule has 0 bridgehead atoms. The van der Waals surface area contributed by atoms with E-state index in [0.29, 0.717) is 11.1 Å². The maximum Gasteiger partial charge on any atom is 0.417 e. The van der Waals surface area contributed by atoms with Crippen LogP contribution in [0.2, 0.25) is 0 Å². The van der Waals surface area contributed by atoms with Crippen molar-refractivity contribution in [2.45, 2.75) is 25.6 Å². The van der Waals surface area contributed by atoms with Crippen LogP contribution in [0.15, 0.2) is 53.3 Å². The number of fused-ring (bicyclic) bond motifs is 1. The van der Waals surface area contributed by atoms with Gasteiger partial charge < -0.3 is 19.6 Å². The summed E-state index contributed by atoms with van der Waals surface area (Å²) in [4.78, 5) is 51.5. The molecule has 2 heterocycles. The van der Waals surface area contributed by atoms with Crippen LogP contribution < -0.4 is 10.5 Å². The van der Waals surface area contributed by atoms with Gasteiger partial charge in [-0.2, -0.15) is 13.2 Å². The Morgan fingerprint density at radius 1 is 1.19 bits per heavy atom. The van der Waals surface area contributed by atoms with Crippen molar-refractivity contribution in [2.75, 3.05) is 18.1 Å². The van der Waals surface area contributed by atoms with Gasteiger partial charge in [0.1, 0.15) is 6.61 Å². The first-order chi connectivity index (χ1) is 17.4. The molecular weight excluding hydrogens is 497 g/mol. The van der Waals surface area contributed by atoms with Crippen molar-refractivity contribution >= 4 is 34.5 Å². The van der Waals surface area contributed by atoms with Gasteiger partial charge in [-0.25, -0.2) is 4.79 Å². The van der Waals surface area contributed by atoms with Crippen LogP contribution in [0.4, 0.5) is 23.7 Å². The second-order valence-electron chi connectivity index (χ2n) is 8.57. The van der Waals surface area contributed by atoms with Crippen LogP contribution in [0.3, 0.4) is 0 Å². The van der Waals surface area contributed by atoms with E-state index in [1.807, 2.05) is 0 Å². The van der Waals surface area contributed by atoms with Crippen LogP contribution in [-0.4, -0.2) is 47.4 Å². The largest absolute Gasteiger partial charge is 0.481 e. The van der Waals surface area contributed by atoms with Gasteiger partial charge in [-0.3, -0.25) is 19.3 Å². The maximum absolute atomic E-state index is 13.4. The zero-order chi connectivity index (χ0) is 26.9. The number of aliphatic carboxylic acids is 1. The molecule has 12 heteroatoms. The summed E-state index contributed by atoms with van der Waals surface area (Å²) < 4.78 is 50.6. The van der Waals surface area contributed by atoms with Gasteiger partial charge in [0.15, 0.2) is 6.10 Å². The Morgan fingerprint density at radius 3 is 2.62 bits per heavy atom. The minimum Gasteiger partial charge on any atom is -0.481 e. The SMILES string of the molecule is CC(CC(=O)O)C(=O)OC[C@@H]1CN(c2ccc3cc(-c4ccccc4C(F)(F)F)[nH]c(=O)c3c2)C(=O)O1. The summed E-state index contributed by atoms with van der Waals surface area (Å²) in [6, 6.07) is 10.8. The molecule has 1 saturated heterocycles. The molecule has 1 aliphatic rings. The molecule has 1 aromatic heterocycles. The second kappa shape index (κ2) is 9.96. The summed E-state index contributed by atoms with van der Waals surface area (Å²) in [6.07, 6.45) is -6.57. The quantitative estimate of drug-likeness (QED) is 0.449. The Kier molecular flexibility index (Phi) is 6.92. The minimum absolute atomic E-state index is 0.000121. The molecule has 0 spiro atoms. The number of pyridine rings is 1. The topological polar surface area (TPSA) is 126 Å². The molecule has 1 fully saturated rings. The molecule has 1 aliphatic heterocycles. The predicted molar refractivity (Wildman–Crippen MR) is 125 cm³/mol. The number of carboxylic acids is 1. The van der Waals surface area contributed by atoms with E-state index in [1.165, 1.54) is 54.3 Å². The summed E-state index contributed by atoms with van der Waals surface area (Å²) in [7, 11) is 0. The number of nitrogens with one attached hydrogen (secondary N) is 1. The van der Waals surface area contributed by atoms with Gasteiger partial charge in [-0.05, 0) is 29.7 Å². The minimum atomic E-state index is -4.61. The molecule has 2 atom stereocenters. The number of carboxylic acid groups (broad SMARTS) is 1. The molecule has 1 unspecified atom stereocenters. The van der Waals surface area contributed by atoms with Crippen molar-refractivity contribution in [3.05, 3.63) is 64.4 Å². The number of rotatable bonds is 7. The number of esters is 1. The van der Waals surface area contributed by atoms with Crippen molar-refractivity contribution in [2.24, 2.45) is 5.92 Å². The van der Waals surface area contributed by atoms with E-state index in [9.17, 15) is 32.3 Å². The molecule has 1 amide bonds. The smallest absolute Gasteiger partial charge is 0.417 e. The summed E-state index contributed by atoms with van der Waals surface area (Å²) in [5, 5.41) is 9.28. The summed E-state index contributed by atoms with van der Waals surface area (Å²) in [5.41, 5.74) is -1.39. The monoisotopic (exact) mass is 518 g/mol. The fourth-order valence-electron chi connectivity index (χ4n) is 4.01. The fourth-order valence-corrected chi connectivity index (χ4v) is 4.01. The molecule has 2 N–H and O–H groups in total. The van der Waals surface area contributed by atoms with Crippen LogP contribution in [-0.2, 0) is 25.2 Å². The van der Waals surface area contributed by atoms with Crippen molar-refractivity contribution in [1.82, 2.24) is 4.98 Å². The van der Waals surface area contributed by atoms with Crippen molar-refractivity contribution in [3.8, 4) is 11.3 Å². The van der Waals surface area contributed by atoms with Crippen LogP contribution in [0.5, 0.6) is 0 Å². The van der Waals surface area contributed by atoms with E-state index in [-0.39, 0.29) is 29.8 Å². The van der Waals surface area contributed by atoms with Gasteiger partial charge in [-0.15, -0.1) is 0 Å². The highest BCUT2D eigenvalue weighted by Crippen LogP contribution is 2.36. The van der Waals surface area contributed by atoms with E-state index < -0.39 is 53.8 Å². The molecule has 3 aromatic rings. The van der Waals surface area contributed by atoms with Crippen LogP contribution in [0, 0.1) is 5.92 Å². The number of carbonyl (C=O) groups excluding carboxylic acids is 2. The highest BCUT2D eigenvalue weighted by Gasteiger charge is 2.35. The number of halogens is 3. The summed E-state index contributed by atoms with van der Waals surface area (Å²) in [5.74, 6) is -2.76. The molecule has 37 heavy (non-hydrogen) atoms. The van der Waals surface area contributed by atoms with Gasteiger partial charge >= 0.3 is 24.2 Å². The Labute approximate surface area is 207 Å². The number of hydrogen-bond donors (Lipinski definition) is 2. The highest BCUT2D eigenvalue weighted by atomic mass is 19.4. The maximum atomic E-state index is 13.4. The first kappa shape index (κ1) is 25.7. The van der Waals surface area contributed by atoms with Gasteiger partial charge in [0.25, 0.3) is 5.56 Å². The number of ether oxygens (including phenoxy) is 2. The summed E-state index contributed by atoms with van der Waals surface area (Å²) >= 11 is 0. The standard InChI is InChI=1S/C25H21F3N2O7/c1-13(8-21(31)32)23(34)36-12-16-11-30(24(35)37-16)15-7-6-14-9-20(29-22(33)18(14)10-15)17-4-2-3-5-19(17)25(26,27)28/h2-7,9-10,13,16H,8,11-12H2,1H3,(H,29,33)(H,31,32)/t13?,16-/m0/s1. The molecule has 4 rings (SSSR count). The number of cyclic esters (lactones) is 1. The molecule has 0 radical (unpaired) electrons. The first-order valence-electron chi connectivity index (χ1n) is 11.1. The Balaban J connectivity index is 1.54. The van der Waals surface area contributed by atoms with Crippen molar-refractivity contribution < 1.29 is 42.1 Å². The Morgan fingerprint density at radius 2 is 1.92 bits per heavy atom. The van der Waals surface area contributed by atoms with Gasteiger partial charge in [0, 0.05) is 22.3 Å². The number of benzene rings is 2. The highest BCUT2D eigenvalue weighted by molar-refractivity contribution is 5.95. The number of amides is 1. The average Bonchev–Trinajstić information content (AvgIpc) is 3.21. The predicted octanol–water partition coefficient (Wildman–Crippen LogP) is 4.19. The molecule has 0 saturated carbocycles. The van der Waals surface area contributed by atoms with Gasteiger partial charge in [0.05, 0.1) is 24.4 Å². The summed E-state index contributed by atoms with van der Waals surface area (Å²) in [6.45, 7) is 1.13. The van der Waals surface area contributed by atoms with Crippen LogP contribution >= 0.6 is 0 Å². The number of carbonyl (C=O) groups is 3. The number of aromatic nitrogens is 1. The second-order valence-corrected chi connectivity index (χ2v) is 8.57. The normalized spacial score (nSPS) is 16.5. The molecule has 0 aliphatic carbocycles. The molecule has 9 nitrogen and oxygen atoms in total. The number of alkyl halides is 3. The number of anilines is 1. The number of aromatic amines is 1. The lowest BCUT2D eigenvalue weighted by Crippen LogP contribution is -2.28. The van der Waals surface area contributed by atoms with E-state index in [2.05, 4.69) is 4.98 Å². The molecule has 194 valence electrons. The van der Waals surface area contributed by atoms with E-state index in [1.54, 1.807) is 0 Å². The van der Waals surface area contributed by atoms with Crippen LogP contribution in [0.1, 0.15) is 18.9 Å². The van der Waals surface area contributed by atoms with Crippen molar-refractivity contribution in [3.63, 3.8) is 0 Å². The lowest BCUT2D eigenvalue weighted by molar-refractivity contribution is -0.154. The third kappa shape index (κ3) is 5.57. The van der Waals surface area contributed by atoms with Gasteiger partial charge in [0.2, 0.25) is 0 Å². The number of nitrogens with zero attached hydrogens (tertiary/aromatic N) is 1. The zero-order valence-electron chi connectivity index (χ0n) is 19.4. The molecular formula is C25H21F3N2O7. The van der Waals surface area contributed by atoms with E-state index >= 15 is 0 Å². The van der Waals surface area contributed by atoms with E-state index in [4.69, 9.17) is 14.6 Å². The van der Waals surface area contributed by atoms with E-state index in [0.717, 1.165) is 6.07 Å². The fraction of sp³-hybridized carbons (Fsp3) is 0.280. The first-order valence-corrected chi connectivity index (χ1v) is 11.1. The Bertz CT molecular complexity index is 1430. The van der Waals surface area contributed by atoms with Crippen molar-refractivity contribution in [1.29, 1.82) is 0 Å². The lowest BCUT2D eigenvalue weighted by atomic mass is 10.0. The third-order valence-electron chi connectivity index (χ3n) is 5.83. The molecule has 2 aromatic carbocycles. The lowest BCUT2D eigenvalue weighted by Gasteiger charge is -2.15. The number of H-pyrrole nitrogens is 1. The number of hydrogen-bond acceptors (Lipinski definition) is 6. The van der Waals surface area contributed by atoms with Crippen LogP contribution in [0.25, 0.3) is 22.0 Å². The average molecular weight is 518 g/mol.